The van der Waals surface area contributed by atoms with Crippen molar-refractivity contribution in [3.63, 3.8) is 0 Å². The minimum absolute atomic E-state index is 0.0686. The average Bonchev–Trinajstić information content (AvgIpc) is 3.33. The minimum atomic E-state index is -0.414. The molecule has 4 aromatic rings. The van der Waals surface area contributed by atoms with Crippen LogP contribution >= 0.6 is 23.1 Å². The molecule has 3 aromatic heterocycles. The lowest BCUT2D eigenvalue weighted by molar-refractivity contribution is -0.113. The van der Waals surface area contributed by atoms with Crippen LogP contribution in [0.15, 0.2) is 45.7 Å². The number of amides is 1. The van der Waals surface area contributed by atoms with E-state index in [0.717, 1.165) is 11.9 Å². The van der Waals surface area contributed by atoms with Crippen LogP contribution in [0.4, 0.5) is 10.1 Å². The molecule has 0 bridgehead atoms. The lowest BCUT2D eigenvalue weighted by Crippen LogP contribution is -2.23. The number of carbonyl (C=O) groups is 1. The highest BCUT2D eigenvalue weighted by Gasteiger charge is 2.18. The third kappa shape index (κ3) is 4.10. The molecule has 10 heteroatoms. The molecule has 1 aromatic carbocycles. The number of thiophene rings is 1. The molecule has 0 aliphatic heterocycles. The van der Waals surface area contributed by atoms with Crippen LogP contribution in [0, 0.1) is 11.7 Å². The van der Waals surface area contributed by atoms with Gasteiger partial charge in [-0.2, -0.15) is 0 Å². The van der Waals surface area contributed by atoms with Gasteiger partial charge in [0, 0.05) is 12.2 Å². The van der Waals surface area contributed by atoms with Crippen LogP contribution in [0.3, 0.4) is 0 Å². The highest BCUT2D eigenvalue weighted by Crippen LogP contribution is 2.25. The van der Waals surface area contributed by atoms with E-state index in [1.54, 1.807) is 10.6 Å². The van der Waals surface area contributed by atoms with Crippen LogP contribution in [0.5, 0.6) is 0 Å². The number of hydrogen-bond acceptors (Lipinski definition) is 6. The molecule has 7 nitrogen and oxygen atoms in total. The van der Waals surface area contributed by atoms with Crippen molar-refractivity contribution in [2.45, 2.75) is 32.0 Å². The van der Waals surface area contributed by atoms with Gasteiger partial charge in [0.15, 0.2) is 5.16 Å². The maximum atomic E-state index is 13.3. The van der Waals surface area contributed by atoms with E-state index in [4.69, 9.17) is 0 Å². The number of nitrogens with zero attached hydrogens (tertiary/aromatic N) is 4. The first-order valence-corrected chi connectivity index (χ1v) is 11.3. The smallest absolute Gasteiger partial charge is 0.272 e. The zero-order valence-corrected chi connectivity index (χ0v) is 18.1. The van der Waals surface area contributed by atoms with Gasteiger partial charge in [-0.3, -0.25) is 18.6 Å². The molecule has 1 amide bonds. The van der Waals surface area contributed by atoms with E-state index in [0.29, 0.717) is 33.8 Å². The fourth-order valence-electron chi connectivity index (χ4n) is 3.08. The Morgan fingerprint density at radius 3 is 2.90 bits per heavy atom. The molecule has 0 unspecified atom stereocenters. The number of fused-ring (bicyclic) bond motifs is 3. The first-order chi connectivity index (χ1) is 14.4. The van der Waals surface area contributed by atoms with E-state index in [2.05, 4.69) is 29.4 Å². The van der Waals surface area contributed by atoms with E-state index in [9.17, 15) is 14.0 Å². The van der Waals surface area contributed by atoms with Crippen molar-refractivity contribution in [1.82, 2.24) is 19.2 Å². The fraction of sp³-hybridized carbons (Fsp3) is 0.300. The van der Waals surface area contributed by atoms with Crippen molar-refractivity contribution in [3.05, 3.63) is 51.9 Å². The zero-order chi connectivity index (χ0) is 21.3. The lowest BCUT2D eigenvalue weighted by Gasteiger charge is -2.10. The van der Waals surface area contributed by atoms with Gasteiger partial charge in [0.25, 0.3) is 5.56 Å². The van der Waals surface area contributed by atoms with Crippen molar-refractivity contribution in [1.29, 1.82) is 0 Å². The third-order valence-corrected chi connectivity index (χ3v) is 6.37. The molecular weight excluding hydrogens is 425 g/mol. The molecule has 0 aliphatic carbocycles. The van der Waals surface area contributed by atoms with Crippen molar-refractivity contribution >= 4 is 50.7 Å². The standard InChI is InChI=1S/C20H20FN5O2S2/c1-12(2)6-8-25-18(28)17-15(7-9-29-17)26-19(25)23-24-20(26)30-11-16(27)22-14-5-3-4-13(21)10-14/h3-5,7,9-10,12H,6,8,11H2,1-2H3,(H,22,27). The Labute approximate surface area is 179 Å². The molecule has 0 saturated heterocycles. The van der Waals surface area contributed by atoms with E-state index in [1.165, 1.54) is 41.3 Å². The largest absolute Gasteiger partial charge is 0.325 e. The molecule has 0 aliphatic rings. The molecule has 0 fully saturated rings. The summed E-state index contributed by atoms with van der Waals surface area (Å²) in [7, 11) is 0. The molecule has 0 atom stereocenters. The van der Waals surface area contributed by atoms with Gasteiger partial charge in [-0.15, -0.1) is 21.5 Å². The predicted molar refractivity (Wildman–Crippen MR) is 118 cm³/mol. The summed E-state index contributed by atoms with van der Waals surface area (Å²) >= 11 is 2.60. The molecule has 156 valence electrons. The molecule has 1 N–H and O–H groups in total. The van der Waals surface area contributed by atoms with Crippen LogP contribution in [-0.4, -0.2) is 30.8 Å². The number of aromatic nitrogens is 4. The summed E-state index contributed by atoms with van der Waals surface area (Å²) in [6, 6.07) is 7.60. The third-order valence-electron chi connectivity index (χ3n) is 4.55. The summed E-state index contributed by atoms with van der Waals surface area (Å²) in [6.45, 7) is 4.76. The number of halogens is 1. The number of nitrogens with one attached hydrogen (secondary N) is 1. The number of carbonyl (C=O) groups excluding carboxylic acids is 1. The quantitative estimate of drug-likeness (QED) is 0.435. The van der Waals surface area contributed by atoms with Gasteiger partial charge >= 0.3 is 0 Å². The summed E-state index contributed by atoms with van der Waals surface area (Å²) in [5, 5.41) is 13.5. The summed E-state index contributed by atoms with van der Waals surface area (Å²) in [5.41, 5.74) is 1.06. The molecule has 30 heavy (non-hydrogen) atoms. The number of hydrogen-bond donors (Lipinski definition) is 1. The van der Waals surface area contributed by atoms with Crippen LogP contribution in [0.1, 0.15) is 20.3 Å². The second kappa shape index (κ2) is 8.57. The predicted octanol–water partition coefficient (Wildman–Crippen LogP) is 4.02. The summed E-state index contributed by atoms with van der Waals surface area (Å²) in [6.07, 6.45) is 0.845. The van der Waals surface area contributed by atoms with Crippen molar-refractivity contribution in [2.24, 2.45) is 5.92 Å². The first kappa shape index (κ1) is 20.5. The van der Waals surface area contributed by atoms with E-state index < -0.39 is 5.82 Å². The molecule has 4 rings (SSSR count). The van der Waals surface area contributed by atoms with Crippen LogP contribution in [0.2, 0.25) is 0 Å². The highest BCUT2D eigenvalue weighted by molar-refractivity contribution is 7.99. The van der Waals surface area contributed by atoms with Crippen LogP contribution in [-0.2, 0) is 11.3 Å². The van der Waals surface area contributed by atoms with Gasteiger partial charge in [-0.1, -0.05) is 31.7 Å². The number of anilines is 1. The van der Waals surface area contributed by atoms with Crippen molar-refractivity contribution in [2.75, 3.05) is 11.1 Å². The van der Waals surface area contributed by atoms with Gasteiger partial charge in [-0.05, 0) is 42.0 Å². The Kier molecular flexibility index (Phi) is 5.87. The second-order valence-corrected chi connectivity index (χ2v) is 9.10. The monoisotopic (exact) mass is 445 g/mol. The van der Waals surface area contributed by atoms with E-state index in [1.807, 2.05) is 15.8 Å². The average molecular weight is 446 g/mol. The summed E-state index contributed by atoms with van der Waals surface area (Å²) in [4.78, 5) is 25.2. The number of thioether (sulfide) groups is 1. The van der Waals surface area contributed by atoms with Gasteiger partial charge < -0.3 is 5.32 Å². The number of rotatable bonds is 7. The van der Waals surface area contributed by atoms with Gasteiger partial charge in [0.05, 0.1) is 11.3 Å². The maximum absolute atomic E-state index is 13.3. The summed E-state index contributed by atoms with van der Waals surface area (Å²) in [5.74, 6) is 0.299. The molecule has 0 saturated carbocycles. The molecular formula is C20H20FN5O2S2. The van der Waals surface area contributed by atoms with Gasteiger partial charge in [0.2, 0.25) is 11.7 Å². The SMILES string of the molecule is CC(C)CCn1c(=O)c2sccc2n2c(SCC(=O)Nc3cccc(F)c3)nnc12. The zero-order valence-electron chi connectivity index (χ0n) is 16.5. The fourth-order valence-corrected chi connectivity index (χ4v) is 4.64. The number of benzene rings is 1. The topological polar surface area (TPSA) is 81.3 Å². The van der Waals surface area contributed by atoms with Crippen LogP contribution in [0.25, 0.3) is 16.0 Å². The van der Waals surface area contributed by atoms with Gasteiger partial charge in [0.1, 0.15) is 10.5 Å². The Hall–Kier alpha value is -2.72. The molecule has 3 heterocycles. The molecule has 0 radical (unpaired) electrons. The van der Waals surface area contributed by atoms with Gasteiger partial charge in [-0.25, -0.2) is 4.39 Å². The van der Waals surface area contributed by atoms with E-state index in [-0.39, 0.29) is 17.2 Å². The summed E-state index contributed by atoms with van der Waals surface area (Å²) < 4.78 is 17.4. The Balaban J connectivity index is 1.62. The second-order valence-electron chi connectivity index (χ2n) is 7.24. The minimum Gasteiger partial charge on any atom is -0.325 e. The number of aryl methyl sites for hydroxylation is 1. The highest BCUT2D eigenvalue weighted by atomic mass is 32.2. The Bertz CT molecular complexity index is 1280. The van der Waals surface area contributed by atoms with E-state index >= 15 is 0 Å². The molecule has 0 spiro atoms. The Morgan fingerprint density at radius 1 is 1.30 bits per heavy atom. The maximum Gasteiger partial charge on any atom is 0.272 e. The van der Waals surface area contributed by atoms with Crippen LogP contribution < -0.4 is 10.9 Å². The van der Waals surface area contributed by atoms with Crippen molar-refractivity contribution in [3.8, 4) is 0 Å². The lowest BCUT2D eigenvalue weighted by atomic mass is 10.1. The van der Waals surface area contributed by atoms with Crippen molar-refractivity contribution < 1.29 is 9.18 Å². The first-order valence-electron chi connectivity index (χ1n) is 9.47. The normalized spacial score (nSPS) is 11.6. The Morgan fingerprint density at radius 2 is 2.13 bits per heavy atom.